The molecule has 2 N–H and O–H groups in total. The monoisotopic (exact) mass is 389 g/mol. The molecule has 3 atom stereocenters. The number of aryl methyl sites for hydroxylation is 1. The third-order valence-electron chi connectivity index (χ3n) is 4.61. The normalized spacial score (nSPS) is 21.0. The molecule has 0 aromatic heterocycles. The second-order valence-electron chi connectivity index (χ2n) is 6.47. The summed E-state index contributed by atoms with van der Waals surface area (Å²) >= 11 is 0. The fourth-order valence-corrected chi connectivity index (χ4v) is 3.00. The SMILES string of the molecule is Cc1ccc(C(C)NC(=O)N2C[C@@H](C(F)(F)F)[C@H](C(=O)O)C2)cc1[N+](=O)[O-]. The molecule has 11 heteroatoms. The van der Waals surface area contributed by atoms with Crippen molar-refractivity contribution in [2.75, 3.05) is 13.1 Å². The topological polar surface area (TPSA) is 113 Å². The first kappa shape index (κ1) is 20.5. The van der Waals surface area contributed by atoms with E-state index in [1.807, 2.05) is 0 Å². The van der Waals surface area contributed by atoms with Crippen molar-refractivity contribution in [2.45, 2.75) is 26.1 Å². The Hall–Kier alpha value is -2.85. The zero-order chi connectivity index (χ0) is 20.5. The van der Waals surface area contributed by atoms with Gasteiger partial charge in [0.25, 0.3) is 5.69 Å². The van der Waals surface area contributed by atoms with Gasteiger partial charge in [0.2, 0.25) is 0 Å². The molecule has 0 spiro atoms. The highest BCUT2D eigenvalue weighted by molar-refractivity contribution is 5.78. The van der Waals surface area contributed by atoms with E-state index in [1.54, 1.807) is 13.0 Å². The largest absolute Gasteiger partial charge is 0.481 e. The number of aliphatic carboxylic acids is 1. The van der Waals surface area contributed by atoms with Crippen LogP contribution < -0.4 is 5.32 Å². The van der Waals surface area contributed by atoms with Crippen molar-refractivity contribution in [1.82, 2.24) is 10.2 Å². The number of carboxylic acids is 1. The minimum absolute atomic E-state index is 0.141. The maximum atomic E-state index is 13.0. The zero-order valence-electron chi connectivity index (χ0n) is 14.5. The molecule has 1 heterocycles. The second-order valence-corrected chi connectivity index (χ2v) is 6.47. The van der Waals surface area contributed by atoms with Crippen molar-refractivity contribution in [3.8, 4) is 0 Å². The molecule has 1 saturated heterocycles. The first-order valence-corrected chi connectivity index (χ1v) is 8.01. The third-order valence-corrected chi connectivity index (χ3v) is 4.61. The van der Waals surface area contributed by atoms with E-state index in [-0.39, 0.29) is 5.69 Å². The predicted molar refractivity (Wildman–Crippen MR) is 87.0 cm³/mol. The number of alkyl halides is 3. The summed E-state index contributed by atoms with van der Waals surface area (Å²) in [6.45, 7) is 1.76. The van der Waals surface area contributed by atoms with Crippen molar-refractivity contribution in [1.29, 1.82) is 0 Å². The number of urea groups is 1. The minimum atomic E-state index is -4.73. The fraction of sp³-hybridized carbons (Fsp3) is 0.500. The molecule has 1 aliphatic heterocycles. The lowest BCUT2D eigenvalue weighted by Gasteiger charge is -2.21. The van der Waals surface area contributed by atoms with Crippen molar-refractivity contribution in [3.05, 3.63) is 39.4 Å². The van der Waals surface area contributed by atoms with Gasteiger partial charge in [-0.25, -0.2) is 4.79 Å². The lowest BCUT2D eigenvalue weighted by Crippen LogP contribution is -2.40. The molecule has 148 valence electrons. The molecule has 0 radical (unpaired) electrons. The summed E-state index contributed by atoms with van der Waals surface area (Å²) in [5.74, 6) is -5.49. The highest BCUT2D eigenvalue weighted by Gasteiger charge is 2.53. The van der Waals surface area contributed by atoms with Crippen LogP contribution in [0.3, 0.4) is 0 Å². The van der Waals surface area contributed by atoms with Gasteiger partial charge in [0.1, 0.15) is 0 Å². The van der Waals surface area contributed by atoms with E-state index in [2.05, 4.69) is 5.32 Å². The number of amides is 2. The molecule has 1 fully saturated rings. The highest BCUT2D eigenvalue weighted by Crippen LogP contribution is 2.37. The number of benzene rings is 1. The van der Waals surface area contributed by atoms with Gasteiger partial charge in [0.15, 0.2) is 0 Å². The lowest BCUT2D eigenvalue weighted by atomic mass is 9.96. The van der Waals surface area contributed by atoms with Crippen molar-refractivity contribution >= 4 is 17.7 Å². The summed E-state index contributed by atoms with van der Waals surface area (Å²) in [5.41, 5.74) is 0.694. The van der Waals surface area contributed by atoms with Gasteiger partial charge in [-0.15, -0.1) is 0 Å². The maximum Gasteiger partial charge on any atom is 0.394 e. The smallest absolute Gasteiger partial charge is 0.394 e. The Bertz CT molecular complexity index is 768. The van der Waals surface area contributed by atoms with Gasteiger partial charge < -0.3 is 15.3 Å². The van der Waals surface area contributed by atoms with Crippen LogP contribution in [-0.4, -0.2) is 46.2 Å². The number of hydrogen-bond acceptors (Lipinski definition) is 4. The number of rotatable bonds is 4. The van der Waals surface area contributed by atoms with E-state index in [0.717, 1.165) is 4.90 Å². The lowest BCUT2D eigenvalue weighted by molar-refractivity contribution is -0.385. The summed E-state index contributed by atoms with van der Waals surface area (Å²) in [7, 11) is 0. The van der Waals surface area contributed by atoms with Crippen LogP contribution in [-0.2, 0) is 4.79 Å². The van der Waals surface area contributed by atoms with E-state index in [1.165, 1.54) is 19.1 Å². The average Bonchev–Trinajstić information content (AvgIpc) is 3.00. The number of nitro groups is 1. The minimum Gasteiger partial charge on any atom is -0.481 e. The van der Waals surface area contributed by atoms with Crippen LogP contribution in [0, 0.1) is 28.9 Å². The van der Waals surface area contributed by atoms with Crippen LogP contribution in [0.15, 0.2) is 18.2 Å². The van der Waals surface area contributed by atoms with Crippen LogP contribution in [0.25, 0.3) is 0 Å². The molecular weight excluding hydrogens is 371 g/mol. The third kappa shape index (κ3) is 4.47. The molecule has 1 aliphatic rings. The number of nitro benzene ring substituents is 1. The number of carbonyl (C=O) groups is 2. The number of hydrogen-bond donors (Lipinski definition) is 2. The molecule has 0 aliphatic carbocycles. The number of carbonyl (C=O) groups excluding carboxylic acids is 1. The van der Waals surface area contributed by atoms with Gasteiger partial charge in [-0.05, 0) is 19.4 Å². The van der Waals surface area contributed by atoms with Crippen LogP contribution in [0.2, 0.25) is 0 Å². The molecule has 2 amide bonds. The predicted octanol–water partition coefficient (Wildman–Crippen LogP) is 2.87. The van der Waals surface area contributed by atoms with E-state index < -0.39 is 54.1 Å². The standard InChI is InChI=1S/C16H18F3N3O5/c1-8-3-4-10(5-13(8)22(26)27)9(2)20-15(25)21-6-11(14(23)24)12(7-21)16(17,18)19/h3-5,9,11-12H,6-7H2,1-2H3,(H,20,25)(H,23,24)/t9?,11-,12-/m1/s1. The fourth-order valence-electron chi connectivity index (χ4n) is 3.00. The first-order valence-electron chi connectivity index (χ1n) is 8.01. The number of nitrogens with zero attached hydrogens (tertiary/aromatic N) is 2. The Labute approximate surface area is 152 Å². The summed E-state index contributed by atoms with van der Waals surface area (Å²) in [5, 5.41) is 22.5. The molecular formula is C16H18F3N3O5. The van der Waals surface area contributed by atoms with Crippen LogP contribution in [0.5, 0.6) is 0 Å². The molecule has 0 saturated carbocycles. The van der Waals surface area contributed by atoms with Gasteiger partial charge in [-0.1, -0.05) is 12.1 Å². The molecule has 2 rings (SSSR count). The Kier molecular flexibility index (Phi) is 5.62. The van der Waals surface area contributed by atoms with Crippen molar-refractivity contribution in [2.24, 2.45) is 11.8 Å². The van der Waals surface area contributed by atoms with Gasteiger partial charge in [-0.3, -0.25) is 14.9 Å². The summed E-state index contributed by atoms with van der Waals surface area (Å²) in [4.78, 5) is 34.6. The molecule has 1 aromatic rings. The Morgan fingerprint density at radius 2 is 2.00 bits per heavy atom. The highest BCUT2D eigenvalue weighted by atomic mass is 19.4. The van der Waals surface area contributed by atoms with Gasteiger partial charge in [-0.2, -0.15) is 13.2 Å². The molecule has 27 heavy (non-hydrogen) atoms. The zero-order valence-corrected chi connectivity index (χ0v) is 14.5. The van der Waals surface area contributed by atoms with Gasteiger partial charge >= 0.3 is 18.2 Å². The summed E-state index contributed by atoms with van der Waals surface area (Å²) in [6.07, 6.45) is -4.73. The summed E-state index contributed by atoms with van der Waals surface area (Å²) < 4.78 is 39.0. The number of halogens is 3. The average molecular weight is 389 g/mol. The van der Waals surface area contributed by atoms with Gasteiger partial charge in [0.05, 0.1) is 22.8 Å². The second kappa shape index (κ2) is 7.41. The van der Waals surface area contributed by atoms with Crippen molar-refractivity contribution in [3.63, 3.8) is 0 Å². The molecule has 1 aromatic carbocycles. The summed E-state index contributed by atoms with van der Waals surface area (Å²) in [6, 6.07) is 2.78. The van der Waals surface area contributed by atoms with Crippen molar-refractivity contribution < 1.29 is 32.8 Å². The number of likely N-dealkylation sites (tertiary alicyclic amines) is 1. The quantitative estimate of drug-likeness (QED) is 0.607. The van der Waals surface area contributed by atoms with E-state index in [0.29, 0.717) is 11.1 Å². The Morgan fingerprint density at radius 1 is 1.37 bits per heavy atom. The van der Waals surface area contributed by atoms with Crippen LogP contribution in [0.1, 0.15) is 24.1 Å². The first-order chi connectivity index (χ1) is 12.4. The molecule has 0 bridgehead atoms. The Balaban J connectivity index is 2.12. The van der Waals surface area contributed by atoms with E-state index in [4.69, 9.17) is 5.11 Å². The van der Waals surface area contributed by atoms with Crippen LogP contribution >= 0.6 is 0 Å². The number of carboxylic acid groups (broad SMARTS) is 1. The maximum absolute atomic E-state index is 13.0. The number of nitrogens with one attached hydrogen (secondary N) is 1. The van der Waals surface area contributed by atoms with E-state index >= 15 is 0 Å². The Morgan fingerprint density at radius 3 is 2.48 bits per heavy atom. The van der Waals surface area contributed by atoms with Crippen LogP contribution in [0.4, 0.5) is 23.7 Å². The molecule has 8 nitrogen and oxygen atoms in total. The van der Waals surface area contributed by atoms with E-state index in [9.17, 15) is 32.9 Å². The molecule has 1 unspecified atom stereocenters. The van der Waals surface area contributed by atoms with Gasteiger partial charge in [0, 0.05) is 24.7 Å².